The lowest BCUT2D eigenvalue weighted by Gasteiger charge is -2.21. The molecule has 3 aromatic rings. The Hall–Kier alpha value is -0.470. The average molecular weight is 499 g/mol. The second-order valence-corrected chi connectivity index (χ2v) is 9.33. The van der Waals surface area contributed by atoms with Crippen molar-refractivity contribution in [3.63, 3.8) is 0 Å². The fourth-order valence-corrected chi connectivity index (χ4v) is 6.57. The maximum absolute atomic E-state index is 3.77. The Morgan fingerprint density at radius 3 is 1.55 bits per heavy atom. The first-order chi connectivity index (χ1) is 10.7. The van der Waals surface area contributed by atoms with Gasteiger partial charge >= 0.3 is 0 Å². The Bertz CT molecular complexity index is 734. The number of rotatable bonds is 3. The minimum Gasteiger partial charge on any atom is -0.0622 e. The largest absolute Gasteiger partial charge is 0.0622 e. The van der Waals surface area contributed by atoms with Crippen molar-refractivity contribution in [3.8, 4) is 0 Å². The Labute approximate surface area is 157 Å². The van der Waals surface area contributed by atoms with Crippen LogP contribution < -0.4 is 15.9 Å². The van der Waals surface area contributed by atoms with Gasteiger partial charge in [0.05, 0.1) is 0 Å². The Morgan fingerprint density at radius 1 is 0.545 bits per heavy atom. The van der Waals surface area contributed by atoms with Crippen molar-refractivity contribution in [1.29, 1.82) is 0 Å². The van der Waals surface area contributed by atoms with E-state index in [1.165, 1.54) is 15.9 Å². The molecule has 0 radical (unpaired) electrons. The summed E-state index contributed by atoms with van der Waals surface area (Å²) in [4.78, 5) is 0. The predicted molar refractivity (Wildman–Crippen MR) is 108 cm³/mol. The van der Waals surface area contributed by atoms with Gasteiger partial charge in [-0.05, 0) is 72.4 Å². The lowest BCUT2D eigenvalue weighted by molar-refractivity contribution is 1.58. The van der Waals surface area contributed by atoms with Crippen molar-refractivity contribution >= 4 is 71.6 Å². The Kier molecular flexibility index (Phi) is 5.51. The second-order valence-electron chi connectivity index (χ2n) is 4.70. The normalized spacial score (nSPS) is 10.9. The van der Waals surface area contributed by atoms with Crippen molar-refractivity contribution < 1.29 is 0 Å². The van der Waals surface area contributed by atoms with Crippen molar-refractivity contribution in [1.82, 2.24) is 0 Å². The summed E-state index contributed by atoms with van der Waals surface area (Å²) in [5, 5.41) is 4.00. The van der Waals surface area contributed by atoms with Crippen LogP contribution in [0.5, 0.6) is 0 Å². The highest BCUT2D eigenvalue weighted by Gasteiger charge is 2.20. The van der Waals surface area contributed by atoms with E-state index in [1.54, 1.807) is 0 Å². The first kappa shape index (κ1) is 16.4. The van der Waals surface area contributed by atoms with Gasteiger partial charge in [0.1, 0.15) is 0 Å². The molecule has 0 atom stereocenters. The fraction of sp³-hybridized carbons (Fsp3) is 0. The van der Waals surface area contributed by atoms with Crippen LogP contribution in [0.2, 0.25) is 0 Å². The van der Waals surface area contributed by atoms with Gasteiger partial charge in [-0.3, -0.25) is 0 Å². The highest BCUT2D eigenvalue weighted by Crippen LogP contribution is 2.40. The molecule has 0 fully saturated rings. The molecule has 0 saturated heterocycles. The van der Waals surface area contributed by atoms with Crippen LogP contribution in [0.25, 0.3) is 0 Å². The minimum absolute atomic E-state index is 0.593. The minimum atomic E-state index is -0.593. The van der Waals surface area contributed by atoms with Crippen molar-refractivity contribution in [2.45, 2.75) is 0 Å². The summed E-state index contributed by atoms with van der Waals surface area (Å²) in [5.74, 6) is 0. The van der Waals surface area contributed by atoms with Crippen LogP contribution in [0.1, 0.15) is 0 Å². The highest BCUT2D eigenvalue weighted by atomic mass is 79.9. The van der Waals surface area contributed by atoms with E-state index in [2.05, 4.69) is 121 Å². The lowest BCUT2D eigenvalue weighted by Crippen LogP contribution is -2.21. The van der Waals surface area contributed by atoms with E-state index < -0.39 is 7.92 Å². The number of benzene rings is 3. The van der Waals surface area contributed by atoms with Gasteiger partial charge in [0, 0.05) is 18.7 Å². The fourth-order valence-electron chi connectivity index (χ4n) is 2.27. The third kappa shape index (κ3) is 3.38. The van der Waals surface area contributed by atoms with Crippen LogP contribution in [-0.2, 0) is 0 Å². The molecule has 0 spiro atoms. The van der Waals surface area contributed by atoms with Gasteiger partial charge in [-0.15, -0.1) is 0 Å². The standard InChI is InChI=1S/C18H12Br3P/c19-15-11-12-16(18(21)17(15)20)22(13-7-3-1-4-8-13)14-9-5-2-6-10-14/h1-12H. The van der Waals surface area contributed by atoms with Crippen LogP contribution in [0.4, 0.5) is 0 Å². The molecule has 22 heavy (non-hydrogen) atoms. The topological polar surface area (TPSA) is 0 Å². The zero-order chi connectivity index (χ0) is 15.5. The molecule has 0 unspecified atom stereocenters. The zero-order valence-electron chi connectivity index (χ0n) is 11.5. The third-order valence-electron chi connectivity index (χ3n) is 3.28. The molecule has 0 N–H and O–H groups in total. The molecule has 0 amide bonds. The first-order valence-electron chi connectivity index (χ1n) is 6.72. The number of halogens is 3. The summed E-state index contributed by atoms with van der Waals surface area (Å²) in [6.45, 7) is 0. The van der Waals surface area contributed by atoms with Crippen LogP contribution in [0.3, 0.4) is 0 Å². The maximum atomic E-state index is 3.77. The second kappa shape index (κ2) is 7.40. The molecule has 0 aliphatic carbocycles. The number of hydrogen-bond acceptors (Lipinski definition) is 0. The molecule has 110 valence electrons. The van der Waals surface area contributed by atoms with E-state index in [-0.39, 0.29) is 0 Å². The molecule has 3 rings (SSSR count). The van der Waals surface area contributed by atoms with Gasteiger partial charge in [0.25, 0.3) is 0 Å². The SMILES string of the molecule is Brc1ccc(P(c2ccccc2)c2ccccc2)c(Br)c1Br. The third-order valence-corrected chi connectivity index (χ3v) is 9.45. The van der Waals surface area contributed by atoms with Crippen LogP contribution in [0.15, 0.2) is 86.2 Å². The van der Waals surface area contributed by atoms with Gasteiger partial charge < -0.3 is 0 Å². The summed E-state index contributed by atoms with van der Waals surface area (Å²) >= 11 is 11.0. The molecule has 0 aromatic heterocycles. The molecule has 0 heterocycles. The van der Waals surface area contributed by atoms with Gasteiger partial charge in [-0.1, -0.05) is 66.7 Å². The Balaban J connectivity index is 2.21. The van der Waals surface area contributed by atoms with E-state index in [0.29, 0.717) is 0 Å². The van der Waals surface area contributed by atoms with Crippen LogP contribution in [-0.4, -0.2) is 0 Å². The predicted octanol–water partition coefficient (Wildman–Crippen LogP) is 5.73. The van der Waals surface area contributed by atoms with E-state index in [9.17, 15) is 0 Å². The lowest BCUT2D eigenvalue weighted by atomic mass is 10.3. The first-order valence-corrected chi connectivity index (χ1v) is 10.4. The zero-order valence-corrected chi connectivity index (χ0v) is 17.2. The van der Waals surface area contributed by atoms with E-state index in [0.717, 1.165) is 13.4 Å². The summed E-state index contributed by atoms with van der Waals surface area (Å²) in [5.41, 5.74) is 0. The summed E-state index contributed by atoms with van der Waals surface area (Å²) in [7, 11) is -0.593. The molecule has 0 saturated carbocycles. The smallest absolute Gasteiger partial charge is 0.0466 e. The maximum Gasteiger partial charge on any atom is 0.0466 e. The van der Waals surface area contributed by atoms with E-state index in [4.69, 9.17) is 0 Å². The molecule has 0 nitrogen and oxygen atoms in total. The molecular weight excluding hydrogens is 487 g/mol. The van der Waals surface area contributed by atoms with E-state index in [1.807, 2.05) is 0 Å². The molecular formula is C18H12Br3P. The van der Waals surface area contributed by atoms with Crippen LogP contribution >= 0.6 is 55.7 Å². The van der Waals surface area contributed by atoms with Gasteiger partial charge in [0.15, 0.2) is 0 Å². The van der Waals surface area contributed by atoms with Gasteiger partial charge in [-0.2, -0.15) is 0 Å². The van der Waals surface area contributed by atoms with E-state index >= 15 is 0 Å². The van der Waals surface area contributed by atoms with Crippen LogP contribution in [0, 0.1) is 0 Å². The van der Waals surface area contributed by atoms with Gasteiger partial charge in [-0.25, -0.2) is 0 Å². The van der Waals surface area contributed by atoms with Gasteiger partial charge in [0.2, 0.25) is 0 Å². The van der Waals surface area contributed by atoms with Crippen molar-refractivity contribution in [2.75, 3.05) is 0 Å². The van der Waals surface area contributed by atoms with Crippen molar-refractivity contribution in [2.24, 2.45) is 0 Å². The quantitative estimate of drug-likeness (QED) is 0.319. The average Bonchev–Trinajstić information content (AvgIpc) is 2.57. The number of hydrogen-bond donors (Lipinski definition) is 0. The molecule has 0 aliphatic rings. The monoisotopic (exact) mass is 496 g/mol. The van der Waals surface area contributed by atoms with Crippen molar-refractivity contribution in [3.05, 3.63) is 86.2 Å². The summed E-state index contributed by atoms with van der Waals surface area (Å²) in [6.07, 6.45) is 0. The summed E-state index contributed by atoms with van der Waals surface area (Å²) in [6, 6.07) is 25.7. The molecule has 0 aliphatic heterocycles. The molecule has 4 heteroatoms. The summed E-state index contributed by atoms with van der Waals surface area (Å²) < 4.78 is 3.23. The Morgan fingerprint density at radius 2 is 1.05 bits per heavy atom. The highest BCUT2D eigenvalue weighted by molar-refractivity contribution is 9.14. The molecule has 3 aromatic carbocycles. The molecule has 0 bridgehead atoms.